The van der Waals surface area contributed by atoms with Crippen molar-refractivity contribution in [3.63, 3.8) is 0 Å². The molecule has 1 fully saturated rings. The van der Waals surface area contributed by atoms with Crippen LogP contribution >= 0.6 is 0 Å². The molecular weight excluding hydrogens is 242 g/mol. The van der Waals surface area contributed by atoms with E-state index in [9.17, 15) is 0 Å². The van der Waals surface area contributed by atoms with Crippen molar-refractivity contribution >= 4 is 0 Å². The normalized spacial score (nSPS) is 15.9. The van der Waals surface area contributed by atoms with E-state index in [1.807, 2.05) is 6.07 Å². The van der Waals surface area contributed by atoms with Gasteiger partial charge in [0.05, 0.1) is 11.9 Å². The van der Waals surface area contributed by atoms with Gasteiger partial charge in [0, 0.05) is 31.9 Å². The van der Waals surface area contributed by atoms with E-state index in [-0.39, 0.29) is 5.60 Å². The molecule has 0 unspecified atom stereocenters. The highest BCUT2D eigenvalue weighted by molar-refractivity contribution is 5.16. The zero-order valence-electron chi connectivity index (χ0n) is 12.2. The fraction of sp³-hybridized carbons (Fsp3) is 0.733. The minimum absolute atomic E-state index is 0.125. The smallest absolute Gasteiger partial charge is 0.133 e. The van der Waals surface area contributed by atoms with Crippen LogP contribution < -0.4 is 5.32 Å². The first-order chi connectivity index (χ1) is 9.11. The highest BCUT2D eigenvalue weighted by Crippen LogP contribution is 2.20. The molecule has 0 radical (unpaired) electrons. The van der Waals surface area contributed by atoms with Gasteiger partial charge in [-0.05, 0) is 39.2 Å². The Morgan fingerprint density at radius 3 is 2.89 bits per heavy atom. The predicted octanol–water partition coefficient (Wildman–Crippen LogP) is 2.86. The molecule has 0 atom stereocenters. The van der Waals surface area contributed by atoms with E-state index < -0.39 is 0 Å². The lowest BCUT2D eigenvalue weighted by molar-refractivity contribution is -0.0144. The Morgan fingerprint density at radius 1 is 1.42 bits per heavy atom. The average Bonchev–Trinajstić information content (AvgIpc) is 3.12. The predicted molar refractivity (Wildman–Crippen MR) is 73.9 cm³/mol. The Balaban J connectivity index is 1.68. The van der Waals surface area contributed by atoms with Gasteiger partial charge in [0.25, 0.3) is 0 Å². The third kappa shape index (κ3) is 4.97. The third-order valence-electron chi connectivity index (χ3n) is 3.63. The first-order valence-electron chi connectivity index (χ1n) is 7.02. The molecule has 4 nitrogen and oxygen atoms in total. The van der Waals surface area contributed by atoms with Gasteiger partial charge in [0.2, 0.25) is 0 Å². The maximum atomic E-state index is 5.68. The average molecular weight is 267 g/mol. The van der Waals surface area contributed by atoms with Gasteiger partial charge in [-0.2, -0.15) is 0 Å². The summed E-state index contributed by atoms with van der Waals surface area (Å²) in [5.74, 6) is 0.934. The van der Waals surface area contributed by atoms with Crippen molar-refractivity contribution in [1.82, 2.24) is 5.32 Å². The fourth-order valence-electron chi connectivity index (χ4n) is 1.78. The molecule has 0 bridgehead atoms. The maximum absolute atomic E-state index is 5.68. The first-order valence-corrected chi connectivity index (χ1v) is 7.02. The Kier molecular flexibility index (Phi) is 5.02. The highest BCUT2D eigenvalue weighted by atomic mass is 16.5. The molecule has 4 heteroatoms. The van der Waals surface area contributed by atoms with Crippen LogP contribution in [0.1, 0.15) is 44.4 Å². The number of rotatable bonds is 9. The number of furan rings is 1. The molecule has 1 aliphatic carbocycles. The molecule has 0 spiro atoms. The van der Waals surface area contributed by atoms with Crippen LogP contribution in [0.15, 0.2) is 16.7 Å². The molecule has 19 heavy (non-hydrogen) atoms. The molecule has 0 aliphatic heterocycles. The van der Waals surface area contributed by atoms with Crippen molar-refractivity contribution in [2.45, 2.75) is 57.9 Å². The number of methoxy groups -OCH3 is 1. The Bertz CT molecular complexity index is 382. The fourth-order valence-corrected chi connectivity index (χ4v) is 1.78. The highest BCUT2D eigenvalue weighted by Gasteiger charge is 2.21. The third-order valence-corrected chi connectivity index (χ3v) is 3.63. The van der Waals surface area contributed by atoms with Crippen LogP contribution in [0.3, 0.4) is 0 Å². The quantitative estimate of drug-likeness (QED) is 0.699. The lowest BCUT2D eigenvalue weighted by atomic mass is 10.1. The lowest BCUT2D eigenvalue weighted by Crippen LogP contribution is -2.24. The molecule has 1 heterocycles. The van der Waals surface area contributed by atoms with Gasteiger partial charge in [-0.1, -0.05) is 0 Å². The van der Waals surface area contributed by atoms with Gasteiger partial charge in [0.1, 0.15) is 12.4 Å². The monoisotopic (exact) mass is 267 g/mol. The van der Waals surface area contributed by atoms with Crippen LogP contribution in [-0.2, 0) is 22.6 Å². The zero-order chi connectivity index (χ0) is 13.7. The second-order valence-corrected chi connectivity index (χ2v) is 5.79. The van der Waals surface area contributed by atoms with Gasteiger partial charge in [-0.25, -0.2) is 0 Å². The summed E-state index contributed by atoms with van der Waals surface area (Å²) >= 11 is 0. The number of ether oxygens (including phenoxy) is 2. The van der Waals surface area contributed by atoms with Crippen molar-refractivity contribution < 1.29 is 13.9 Å². The standard InChI is InChI=1S/C15H25NO3/c1-15(2,17-3)7-9-18-11-14-12(6-8-19-14)10-16-13-4-5-13/h6,8,13,16H,4-5,7,9-11H2,1-3H3. The largest absolute Gasteiger partial charge is 0.467 e. The Morgan fingerprint density at radius 2 is 2.21 bits per heavy atom. The summed E-state index contributed by atoms with van der Waals surface area (Å²) < 4.78 is 16.5. The van der Waals surface area contributed by atoms with Crippen LogP contribution in [0.2, 0.25) is 0 Å². The van der Waals surface area contributed by atoms with Crippen LogP contribution in [0.5, 0.6) is 0 Å². The molecule has 1 aromatic heterocycles. The summed E-state index contributed by atoms with van der Waals surface area (Å²) in [5.41, 5.74) is 1.08. The van der Waals surface area contributed by atoms with Gasteiger partial charge in [-0.3, -0.25) is 0 Å². The van der Waals surface area contributed by atoms with E-state index in [2.05, 4.69) is 19.2 Å². The molecule has 0 amide bonds. The van der Waals surface area contributed by atoms with Crippen LogP contribution in [0.25, 0.3) is 0 Å². The number of hydrogen-bond donors (Lipinski definition) is 1. The molecule has 1 saturated carbocycles. The minimum atomic E-state index is -0.125. The number of hydrogen-bond acceptors (Lipinski definition) is 4. The summed E-state index contributed by atoms with van der Waals surface area (Å²) in [6, 6.07) is 2.74. The second kappa shape index (κ2) is 6.55. The zero-order valence-corrected chi connectivity index (χ0v) is 12.2. The van der Waals surface area contributed by atoms with Gasteiger partial charge < -0.3 is 19.2 Å². The lowest BCUT2D eigenvalue weighted by Gasteiger charge is -2.22. The summed E-state index contributed by atoms with van der Waals surface area (Å²) in [4.78, 5) is 0. The molecule has 1 aromatic rings. The summed E-state index contributed by atoms with van der Waals surface area (Å²) in [7, 11) is 1.73. The van der Waals surface area contributed by atoms with E-state index in [1.165, 1.54) is 18.4 Å². The van der Waals surface area contributed by atoms with Crippen LogP contribution in [0, 0.1) is 0 Å². The van der Waals surface area contributed by atoms with Crippen molar-refractivity contribution in [3.8, 4) is 0 Å². The molecule has 1 aliphatic rings. The van der Waals surface area contributed by atoms with Crippen LogP contribution in [-0.4, -0.2) is 25.4 Å². The molecule has 0 saturated heterocycles. The van der Waals surface area contributed by atoms with Crippen molar-refractivity contribution in [3.05, 3.63) is 23.7 Å². The van der Waals surface area contributed by atoms with Crippen LogP contribution in [0.4, 0.5) is 0 Å². The summed E-state index contributed by atoms with van der Waals surface area (Å²) in [6.07, 6.45) is 5.22. The minimum Gasteiger partial charge on any atom is -0.467 e. The maximum Gasteiger partial charge on any atom is 0.133 e. The number of nitrogens with one attached hydrogen (secondary N) is 1. The molecule has 0 aromatic carbocycles. The van der Waals surface area contributed by atoms with E-state index in [1.54, 1.807) is 13.4 Å². The Labute approximate surface area is 115 Å². The molecular formula is C15H25NO3. The van der Waals surface area contributed by atoms with E-state index in [4.69, 9.17) is 13.9 Å². The van der Waals surface area contributed by atoms with Crippen molar-refractivity contribution in [1.29, 1.82) is 0 Å². The van der Waals surface area contributed by atoms with Gasteiger partial charge >= 0.3 is 0 Å². The summed E-state index contributed by atoms with van der Waals surface area (Å²) in [5, 5.41) is 3.49. The van der Waals surface area contributed by atoms with Crippen molar-refractivity contribution in [2.24, 2.45) is 0 Å². The molecule has 1 N–H and O–H groups in total. The van der Waals surface area contributed by atoms with Gasteiger partial charge in [-0.15, -0.1) is 0 Å². The Hall–Kier alpha value is -0.840. The SMILES string of the molecule is COC(C)(C)CCOCc1occc1CNC1CC1. The topological polar surface area (TPSA) is 43.6 Å². The second-order valence-electron chi connectivity index (χ2n) is 5.79. The molecule has 2 rings (SSSR count). The molecule has 108 valence electrons. The van der Waals surface area contributed by atoms with Crippen molar-refractivity contribution in [2.75, 3.05) is 13.7 Å². The van der Waals surface area contributed by atoms with E-state index >= 15 is 0 Å². The first kappa shape index (κ1) is 14.6. The van der Waals surface area contributed by atoms with E-state index in [0.717, 1.165) is 18.7 Å². The summed E-state index contributed by atoms with van der Waals surface area (Å²) in [6.45, 7) is 6.22. The van der Waals surface area contributed by atoms with Gasteiger partial charge in [0.15, 0.2) is 0 Å². The van der Waals surface area contributed by atoms with E-state index in [0.29, 0.717) is 19.3 Å².